The molecule has 1 N–H and O–H groups in total. The summed E-state index contributed by atoms with van der Waals surface area (Å²) < 4.78 is 12.5. The highest BCUT2D eigenvalue weighted by Gasteiger charge is 2.15. The fourth-order valence-corrected chi connectivity index (χ4v) is 3.66. The maximum absolute atomic E-state index is 12.4. The van der Waals surface area contributed by atoms with E-state index in [1.54, 1.807) is 12.1 Å². The summed E-state index contributed by atoms with van der Waals surface area (Å²) in [5.41, 5.74) is 2.57. The minimum Gasteiger partial charge on any atom is -0.495 e. The number of imidazole rings is 1. The summed E-state index contributed by atoms with van der Waals surface area (Å²) in [6.45, 7) is 0. The number of anilines is 1. The first-order valence-corrected chi connectivity index (χ1v) is 9.81. The van der Waals surface area contributed by atoms with E-state index < -0.39 is 0 Å². The number of carbonyl (C=O) groups is 1. The van der Waals surface area contributed by atoms with Gasteiger partial charge < -0.3 is 19.4 Å². The Labute approximate surface area is 172 Å². The van der Waals surface area contributed by atoms with Crippen molar-refractivity contribution in [3.8, 4) is 22.8 Å². The van der Waals surface area contributed by atoms with Crippen molar-refractivity contribution < 1.29 is 14.3 Å². The summed E-state index contributed by atoms with van der Waals surface area (Å²) in [5.74, 6) is 0.944. The van der Waals surface area contributed by atoms with E-state index in [-0.39, 0.29) is 11.7 Å². The van der Waals surface area contributed by atoms with E-state index in [1.807, 2.05) is 48.1 Å². The molecule has 1 aromatic heterocycles. The van der Waals surface area contributed by atoms with Crippen LogP contribution in [0.15, 0.2) is 53.8 Å². The summed E-state index contributed by atoms with van der Waals surface area (Å²) >= 11 is 7.45. The predicted molar refractivity (Wildman–Crippen MR) is 113 cm³/mol. The molecule has 0 aliphatic rings. The van der Waals surface area contributed by atoms with E-state index in [9.17, 15) is 4.79 Å². The largest absolute Gasteiger partial charge is 0.495 e. The average Bonchev–Trinajstić information content (AvgIpc) is 3.08. The van der Waals surface area contributed by atoms with Gasteiger partial charge in [0.2, 0.25) is 5.91 Å². The number of nitrogens with one attached hydrogen (secondary N) is 1. The molecule has 0 aliphatic heterocycles. The van der Waals surface area contributed by atoms with E-state index in [4.69, 9.17) is 21.1 Å². The van der Waals surface area contributed by atoms with Crippen molar-refractivity contribution in [2.24, 2.45) is 7.05 Å². The summed E-state index contributed by atoms with van der Waals surface area (Å²) in [7, 11) is 4.96. The van der Waals surface area contributed by atoms with Crippen molar-refractivity contribution in [3.63, 3.8) is 0 Å². The van der Waals surface area contributed by atoms with E-state index in [0.29, 0.717) is 22.2 Å². The lowest BCUT2D eigenvalue weighted by atomic mass is 10.2. The number of benzene rings is 2. The summed E-state index contributed by atoms with van der Waals surface area (Å²) in [6.07, 6.45) is 1.81. The van der Waals surface area contributed by atoms with Crippen molar-refractivity contribution in [3.05, 3.63) is 53.7 Å². The predicted octanol–water partition coefficient (Wildman–Crippen LogP) is 4.49. The zero-order valence-electron chi connectivity index (χ0n) is 15.7. The number of methoxy groups -OCH3 is 2. The van der Waals surface area contributed by atoms with Gasteiger partial charge in [0.15, 0.2) is 5.16 Å². The number of thioether (sulfide) groups is 1. The highest BCUT2D eigenvalue weighted by Crippen LogP contribution is 2.36. The number of halogens is 1. The Kier molecular flexibility index (Phi) is 6.49. The van der Waals surface area contributed by atoms with Gasteiger partial charge in [0.1, 0.15) is 11.5 Å². The van der Waals surface area contributed by atoms with Crippen molar-refractivity contribution in [2.45, 2.75) is 5.16 Å². The first-order chi connectivity index (χ1) is 13.5. The Balaban J connectivity index is 1.68. The van der Waals surface area contributed by atoms with Gasteiger partial charge in [-0.3, -0.25) is 4.79 Å². The Bertz CT molecular complexity index is 976. The van der Waals surface area contributed by atoms with Gasteiger partial charge >= 0.3 is 0 Å². The Morgan fingerprint density at radius 2 is 1.89 bits per heavy atom. The lowest BCUT2D eigenvalue weighted by Crippen LogP contribution is -2.15. The Morgan fingerprint density at radius 3 is 2.57 bits per heavy atom. The van der Waals surface area contributed by atoms with Crippen molar-refractivity contribution in [1.82, 2.24) is 9.55 Å². The third-order valence-electron chi connectivity index (χ3n) is 4.10. The molecule has 146 valence electrons. The molecule has 6 nitrogen and oxygen atoms in total. The second-order valence-electron chi connectivity index (χ2n) is 5.87. The van der Waals surface area contributed by atoms with Gasteiger partial charge in [-0.2, -0.15) is 0 Å². The van der Waals surface area contributed by atoms with Crippen molar-refractivity contribution >= 4 is 35.0 Å². The monoisotopic (exact) mass is 417 g/mol. The molecule has 0 bridgehead atoms. The molecule has 1 amide bonds. The quantitative estimate of drug-likeness (QED) is 0.574. The number of aromatic nitrogens is 2. The van der Waals surface area contributed by atoms with Crippen LogP contribution in [0.5, 0.6) is 11.5 Å². The molecule has 0 saturated heterocycles. The number of carbonyl (C=O) groups excluding carboxylic acids is 1. The van der Waals surface area contributed by atoms with Crippen LogP contribution in [0.4, 0.5) is 5.69 Å². The van der Waals surface area contributed by atoms with E-state index in [1.165, 1.54) is 26.0 Å². The smallest absolute Gasteiger partial charge is 0.234 e. The number of nitrogens with zero attached hydrogens (tertiary/aromatic N) is 2. The summed E-state index contributed by atoms with van der Waals surface area (Å²) in [6, 6.07) is 13.2. The number of rotatable bonds is 7. The Morgan fingerprint density at radius 1 is 1.18 bits per heavy atom. The van der Waals surface area contributed by atoms with E-state index in [2.05, 4.69) is 10.3 Å². The topological polar surface area (TPSA) is 65.4 Å². The second-order valence-corrected chi connectivity index (χ2v) is 7.22. The molecule has 0 fully saturated rings. The number of hydrogen-bond donors (Lipinski definition) is 1. The molecule has 0 radical (unpaired) electrons. The first-order valence-electron chi connectivity index (χ1n) is 8.44. The SMILES string of the molecule is COc1cc(NC(=O)CSc2ncc(-c3ccccc3)n2C)c(OC)cc1Cl. The molecule has 0 saturated carbocycles. The maximum Gasteiger partial charge on any atom is 0.234 e. The minimum absolute atomic E-state index is 0.183. The molecular formula is C20H20ClN3O3S. The molecule has 8 heteroatoms. The molecule has 1 heterocycles. The van der Waals surface area contributed by atoms with E-state index >= 15 is 0 Å². The molecule has 3 aromatic rings. The van der Waals surface area contributed by atoms with Crippen LogP contribution in [0, 0.1) is 0 Å². The molecule has 0 spiro atoms. The minimum atomic E-state index is -0.183. The molecule has 3 rings (SSSR count). The molecule has 0 atom stereocenters. The zero-order valence-corrected chi connectivity index (χ0v) is 17.3. The lowest BCUT2D eigenvalue weighted by Gasteiger charge is -2.13. The van der Waals surface area contributed by atoms with Crippen LogP contribution in [0.3, 0.4) is 0 Å². The molecular weight excluding hydrogens is 398 g/mol. The van der Waals surface area contributed by atoms with Gasteiger partial charge in [-0.15, -0.1) is 0 Å². The van der Waals surface area contributed by atoms with Crippen LogP contribution in [-0.4, -0.2) is 35.4 Å². The zero-order chi connectivity index (χ0) is 20.1. The number of ether oxygens (including phenoxy) is 2. The van der Waals surface area contributed by atoms with Gasteiger partial charge in [0, 0.05) is 19.2 Å². The lowest BCUT2D eigenvalue weighted by molar-refractivity contribution is -0.113. The molecule has 2 aromatic carbocycles. The van der Waals surface area contributed by atoms with Crippen LogP contribution in [0.25, 0.3) is 11.3 Å². The van der Waals surface area contributed by atoms with Crippen LogP contribution in [0.1, 0.15) is 0 Å². The summed E-state index contributed by atoms with van der Waals surface area (Å²) in [5, 5.41) is 4.00. The van der Waals surface area contributed by atoms with Crippen LogP contribution in [0.2, 0.25) is 5.02 Å². The highest BCUT2D eigenvalue weighted by atomic mass is 35.5. The van der Waals surface area contributed by atoms with Gasteiger partial charge in [0.25, 0.3) is 0 Å². The van der Waals surface area contributed by atoms with Gasteiger partial charge in [-0.05, 0) is 5.56 Å². The van der Waals surface area contributed by atoms with Crippen LogP contribution >= 0.6 is 23.4 Å². The third-order valence-corrected chi connectivity index (χ3v) is 5.43. The molecule has 0 unspecified atom stereocenters. The van der Waals surface area contributed by atoms with Gasteiger partial charge in [-0.1, -0.05) is 53.7 Å². The van der Waals surface area contributed by atoms with Crippen molar-refractivity contribution in [1.29, 1.82) is 0 Å². The average molecular weight is 418 g/mol. The summed E-state index contributed by atoms with van der Waals surface area (Å²) in [4.78, 5) is 16.9. The maximum atomic E-state index is 12.4. The third kappa shape index (κ3) is 4.43. The fraction of sp³-hybridized carbons (Fsp3) is 0.200. The second kappa shape index (κ2) is 9.03. The number of amides is 1. The normalized spacial score (nSPS) is 10.6. The standard InChI is InChI=1S/C20H20ClN3O3S/c1-24-16(13-7-5-4-6-8-13)11-22-20(24)28-12-19(25)23-15-10-17(26-2)14(21)9-18(15)27-3/h4-11H,12H2,1-3H3,(H,23,25). The molecule has 0 aliphatic carbocycles. The first kappa shape index (κ1) is 20.1. The highest BCUT2D eigenvalue weighted by molar-refractivity contribution is 7.99. The van der Waals surface area contributed by atoms with Crippen LogP contribution < -0.4 is 14.8 Å². The van der Waals surface area contributed by atoms with Crippen LogP contribution in [-0.2, 0) is 11.8 Å². The number of hydrogen-bond acceptors (Lipinski definition) is 5. The Hall–Kier alpha value is -2.64. The van der Waals surface area contributed by atoms with E-state index in [0.717, 1.165) is 16.4 Å². The van der Waals surface area contributed by atoms with Crippen molar-refractivity contribution in [2.75, 3.05) is 25.3 Å². The fourth-order valence-electron chi connectivity index (χ4n) is 2.68. The van der Waals surface area contributed by atoms with Gasteiger partial charge in [-0.25, -0.2) is 4.98 Å². The van der Waals surface area contributed by atoms with Gasteiger partial charge in [0.05, 0.1) is 42.6 Å². The molecule has 28 heavy (non-hydrogen) atoms.